The van der Waals surface area contributed by atoms with Crippen LogP contribution in [0.2, 0.25) is 0 Å². The van der Waals surface area contributed by atoms with E-state index in [1.54, 1.807) is 0 Å². The summed E-state index contributed by atoms with van der Waals surface area (Å²) in [7, 11) is 1.32. The molecule has 0 heterocycles. The molecule has 8 nitrogen and oxygen atoms in total. The van der Waals surface area contributed by atoms with E-state index in [0.717, 1.165) is 38.5 Å². The van der Waals surface area contributed by atoms with Crippen LogP contribution in [0.25, 0.3) is 0 Å². The van der Waals surface area contributed by atoms with Gasteiger partial charge in [0.1, 0.15) is 13.2 Å². The van der Waals surface area contributed by atoms with E-state index in [2.05, 4.69) is 31.3 Å². The summed E-state index contributed by atoms with van der Waals surface area (Å²) in [6.45, 7) is 4.78. The highest BCUT2D eigenvalue weighted by atomic mass is 31.2. The van der Waals surface area contributed by atoms with Gasteiger partial charge in [-0.3, -0.25) is 9.36 Å². The molecule has 0 aromatic rings. The molecule has 0 bridgehead atoms. The maximum Gasteiger partial charge on any atom is 0.268 e. The van der Waals surface area contributed by atoms with Crippen molar-refractivity contribution in [3.63, 3.8) is 0 Å². The average Bonchev–Trinajstić information content (AvgIpc) is 3.34. The van der Waals surface area contributed by atoms with Gasteiger partial charge < -0.3 is 28.8 Å². The first kappa shape index (κ1) is 71.2. The van der Waals surface area contributed by atoms with Crippen LogP contribution in [0.1, 0.15) is 335 Å². The lowest BCUT2D eigenvalue weighted by Gasteiger charge is -2.30. The lowest BCUT2D eigenvalue weighted by Crippen LogP contribution is -2.46. The molecule has 0 aliphatic heterocycles. The Hall–Kier alpha value is -0.760. The van der Waals surface area contributed by atoms with Crippen molar-refractivity contribution in [1.29, 1.82) is 0 Å². The molecule has 2 N–H and O–H groups in total. The fourth-order valence-corrected chi connectivity index (χ4v) is 10.7. The molecule has 430 valence electrons. The lowest BCUT2D eigenvalue weighted by molar-refractivity contribution is -0.870. The normalized spacial score (nSPS) is 13.8. The van der Waals surface area contributed by atoms with Crippen LogP contribution in [0.4, 0.5) is 0 Å². The molecule has 0 fully saturated rings. The second kappa shape index (κ2) is 55.0. The minimum Gasteiger partial charge on any atom is -0.756 e. The molecule has 0 radical (unpaired) electrons. The van der Waals surface area contributed by atoms with Gasteiger partial charge in [0.2, 0.25) is 5.91 Å². The highest BCUT2D eigenvalue weighted by molar-refractivity contribution is 7.45. The van der Waals surface area contributed by atoms with Crippen LogP contribution < -0.4 is 10.2 Å². The van der Waals surface area contributed by atoms with E-state index < -0.39 is 20.0 Å². The Kier molecular flexibility index (Phi) is 54.4. The summed E-state index contributed by atoms with van der Waals surface area (Å²) >= 11 is 0. The number of aliphatic hydroxyl groups excluding tert-OH is 1. The highest BCUT2D eigenvalue weighted by Crippen LogP contribution is 2.38. The lowest BCUT2D eigenvalue weighted by atomic mass is 10.0. The van der Waals surface area contributed by atoms with Gasteiger partial charge in [0.05, 0.1) is 39.9 Å². The molecule has 0 aliphatic rings. The van der Waals surface area contributed by atoms with Crippen molar-refractivity contribution < 1.29 is 32.9 Å². The molecule has 9 heteroatoms. The van der Waals surface area contributed by atoms with E-state index in [0.29, 0.717) is 23.9 Å². The summed E-state index contributed by atoms with van der Waals surface area (Å²) in [5.74, 6) is -0.159. The topological polar surface area (TPSA) is 108 Å². The fourth-order valence-electron chi connectivity index (χ4n) is 9.98. The van der Waals surface area contributed by atoms with E-state index in [1.807, 2.05) is 21.1 Å². The van der Waals surface area contributed by atoms with Gasteiger partial charge in [-0.15, -0.1) is 0 Å². The van der Waals surface area contributed by atoms with Gasteiger partial charge in [-0.1, -0.05) is 302 Å². The SMILES string of the molecule is CCCCCCCCCC/C=C\CCCCCCCCCCCCCC(=O)NC(COP(=O)([O-])OCC[N+](C)(C)C)C(O)CCCCCCCCCCCCCCCCCCCCCCCCCCCCC. The standard InChI is InChI=1S/C63H127N2O6P/c1-6-8-10-12-14-16-18-20-22-24-26-28-30-31-32-33-35-36-38-40-42-44-46-48-50-52-54-56-62(66)61(60-71-72(68,69)70-59-58-65(3,4)5)64-63(67)57-55-53-51-49-47-45-43-41-39-37-34-29-27-25-23-21-19-17-15-13-11-9-7-2/h25,27,61-62,66H,6-24,26,28-60H2,1-5H3,(H-,64,67,68,69)/b27-25-. The molecule has 0 saturated carbocycles. The van der Waals surface area contributed by atoms with Gasteiger partial charge in [0.15, 0.2) is 0 Å². The molecule has 0 saturated heterocycles. The molecule has 72 heavy (non-hydrogen) atoms. The third kappa shape index (κ3) is 57.0. The number of unbranched alkanes of at least 4 members (excludes halogenated alkanes) is 45. The van der Waals surface area contributed by atoms with Crippen molar-refractivity contribution in [2.75, 3.05) is 40.9 Å². The molecule has 0 rings (SSSR count). The Morgan fingerprint density at radius 3 is 1.08 bits per heavy atom. The number of aliphatic hydroxyl groups is 1. The molecule has 3 unspecified atom stereocenters. The summed E-state index contributed by atoms with van der Waals surface area (Å²) in [4.78, 5) is 25.6. The number of hydrogen-bond donors (Lipinski definition) is 2. The maximum atomic E-state index is 13.0. The number of phosphoric acid groups is 1. The Morgan fingerprint density at radius 2 is 0.764 bits per heavy atom. The van der Waals surface area contributed by atoms with Crippen LogP contribution in [-0.4, -0.2) is 68.5 Å². The molecule has 0 aliphatic carbocycles. The number of quaternary nitrogens is 1. The predicted molar refractivity (Wildman–Crippen MR) is 312 cm³/mol. The Bertz CT molecular complexity index is 1180. The molecular weight excluding hydrogens is 912 g/mol. The van der Waals surface area contributed by atoms with E-state index in [9.17, 15) is 19.4 Å². The van der Waals surface area contributed by atoms with Gasteiger partial charge >= 0.3 is 0 Å². The monoisotopic (exact) mass is 1040 g/mol. The smallest absolute Gasteiger partial charge is 0.268 e. The third-order valence-electron chi connectivity index (χ3n) is 15.0. The van der Waals surface area contributed by atoms with Crippen molar-refractivity contribution in [2.45, 2.75) is 347 Å². The molecule has 0 spiro atoms. The maximum absolute atomic E-state index is 13.0. The van der Waals surface area contributed by atoms with Crippen LogP contribution in [0, 0.1) is 0 Å². The zero-order valence-electron chi connectivity index (χ0n) is 49.2. The zero-order valence-corrected chi connectivity index (χ0v) is 50.1. The summed E-state index contributed by atoms with van der Waals surface area (Å²) in [5.41, 5.74) is 0. The molecule has 1 amide bonds. The van der Waals surface area contributed by atoms with Crippen molar-refractivity contribution in [3.05, 3.63) is 12.2 Å². The van der Waals surface area contributed by atoms with Crippen LogP contribution in [0.3, 0.4) is 0 Å². The summed E-state index contributed by atoms with van der Waals surface area (Å²) in [6.07, 6.45) is 68.3. The second-order valence-corrected chi connectivity index (χ2v) is 24.9. The molecule has 0 aromatic carbocycles. The third-order valence-corrected chi connectivity index (χ3v) is 16.0. The summed E-state index contributed by atoms with van der Waals surface area (Å²) in [6, 6.07) is -0.799. The number of amides is 1. The number of hydrogen-bond acceptors (Lipinski definition) is 6. The largest absolute Gasteiger partial charge is 0.756 e. The quantitative estimate of drug-likeness (QED) is 0.0272. The zero-order chi connectivity index (χ0) is 52.7. The van der Waals surface area contributed by atoms with Gasteiger partial charge in [-0.05, 0) is 38.5 Å². The second-order valence-electron chi connectivity index (χ2n) is 23.5. The number of nitrogens with zero attached hydrogens (tertiary/aromatic N) is 1. The van der Waals surface area contributed by atoms with Crippen molar-refractivity contribution >= 4 is 13.7 Å². The van der Waals surface area contributed by atoms with Crippen molar-refractivity contribution in [3.8, 4) is 0 Å². The van der Waals surface area contributed by atoms with E-state index in [-0.39, 0.29) is 19.1 Å². The van der Waals surface area contributed by atoms with Crippen LogP contribution >= 0.6 is 7.82 Å². The fraction of sp³-hybridized carbons (Fsp3) is 0.952. The minimum absolute atomic E-state index is 0.0149. The summed E-state index contributed by atoms with van der Waals surface area (Å²) in [5, 5.41) is 14.1. The number of allylic oxidation sites excluding steroid dienone is 2. The first-order valence-corrected chi connectivity index (χ1v) is 33.5. The first-order chi connectivity index (χ1) is 35.0. The number of nitrogens with one attached hydrogen (secondary N) is 1. The van der Waals surface area contributed by atoms with Crippen LogP contribution in [-0.2, 0) is 18.4 Å². The Balaban J connectivity index is 4.07. The van der Waals surface area contributed by atoms with Crippen molar-refractivity contribution in [2.24, 2.45) is 0 Å². The van der Waals surface area contributed by atoms with Gasteiger partial charge in [-0.25, -0.2) is 0 Å². The number of carbonyl (C=O) groups is 1. The molecular formula is C63H127N2O6P. The average molecular weight is 1040 g/mol. The van der Waals surface area contributed by atoms with Gasteiger partial charge in [-0.2, -0.15) is 0 Å². The Labute approximate surface area is 450 Å². The number of carbonyl (C=O) groups excluding carboxylic acids is 1. The predicted octanol–water partition coefficient (Wildman–Crippen LogP) is 19.1. The number of rotatable bonds is 60. The van der Waals surface area contributed by atoms with Crippen LogP contribution in [0.15, 0.2) is 12.2 Å². The Morgan fingerprint density at radius 1 is 0.472 bits per heavy atom. The van der Waals surface area contributed by atoms with E-state index in [1.165, 1.54) is 270 Å². The summed E-state index contributed by atoms with van der Waals surface area (Å²) < 4.78 is 23.5. The van der Waals surface area contributed by atoms with Crippen molar-refractivity contribution in [1.82, 2.24) is 5.32 Å². The highest BCUT2D eigenvalue weighted by Gasteiger charge is 2.24. The number of phosphoric ester groups is 1. The first-order valence-electron chi connectivity index (χ1n) is 32.0. The van der Waals surface area contributed by atoms with E-state index >= 15 is 0 Å². The van der Waals surface area contributed by atoms with Gasteiger partial charge in [0.25, 0.3) is 7.82 Å². The minimum atomic E-state index is -4.57. The van der Waals surface area contributed by atoms with Crippen LogP contribution in [0.5, 0.6) is 0 Å². The van der Waals surface area contributed by atoms with E-state index in [4.69, 9.17) is 9.05 Å². The van der Waals surface area contributed by atoms with Gasteiger partial charge in [0, 0.05) is 6.42 Å². The molecule has 0 aromatic heterocycles. The number of likely N-dealkylation sites (N-methyl/N-ethyl adjacent to an activating group) is 1. The molecule has 3 atom stereocenters.